The van der Waals surface area contributed by atoms with Crippen LogP contribution in [0.2, 0.25) is 5.02 Å². The Hall–Kier alpha value is -2.10. The first kappa shape index (κ1) is 17.3. The van der Waals surface area contributed by atoms with Crippen molar-refractivity contribution in [3.8, 4) is 11.1 Å². The smallest absolute Gasteiger partial charge is 0.0671 e. The highest BCUT2D eigenvalue weighted by Gasteiger charge is 2.35. The lowest BCUT2D eigenvalue weighted by Gasteiger charge is -2.39. The number of aromatic nitrogens is 2. The van der Waals surface area contributed by atoms with Gasteiger partial charge < -0.3 is 5.32 Å². The molecular formula is C22H24ClN3. The third kappa shape index (κ3) is 3.06. The summed E-state index contributed by atoms with van der Waals surface area (Å²) in [5.41, 5.74) is 6.28. The number of aryl methyl sites for hydroxylation is 2. The van der Waals surface area contributed by atoms with E-state index in [1.165, 1.54) is 22.3 Å². The Balaban J connectivity index is 1.74. The summed E-state index contributed by atoms with van der Waals surface area (Å²) in [6, 6.07) is 17.4. The minimum absolute atomic E-state index is 0.0539. The molecule has 1 aromatic heterocycles. The highest BCUT2D eigenvalue weighted by Crippen LogP contribution is 2.41. The summed E-state index contributed by atoms with van der Waals surface area (Å²) in [6.45, 7) is 4.13. The second-order valence-corrected chi connectivity index (χ2v) is 7.65. The number of hydrogen-bond acceptors (Lipinski definition) is 2. The molecule has 1 saturated heterocycles. The van der Waals surface area contributed by atoms with Crippen molar-refractivity contribution in [2.75, 3.05) is 13.1 Å². The fourth-order valence-electron chi connectivity index (χ4n) is 4.22. The average molecular weight is 366 g/mol. The van der Waals surface area contributed by atoms with Gasteiger partial charge in [0, 0.05) is 29.2 Å². The van der Waals surface area contributed by atoms with Crippen LogP contribution in [-0.4, -0.2) is 22.9 Å². The lowest BCUT2D eigenvalue weighted by molar-refractivity contribution is 0.362. The van der Waals surface area contributed by atoms with E-state index in [0.717, 1.165) is 36.6 Å². The molecule has 2 heterocycles. The zero-order valence-electron chi connectivity index (χ0n) is 15.3. The molecule has 134 valence electrons. The fraction of sp³-hybridized carbons (Fsp3) is 0.318. The Kier molecular flexibility index (Phi) is 4.60. The zero-order valence-corrected chi connectivity index (χ0v) is 16.1. The molecule has 0 bridgehead atoms. The number of benzene rings is 2. The topological polar surface area (TPSA) is 29.9 Å². The van der Waals surface area contributed by atoms with E-state index in [-0.39, 0.29) is 5.41 Å². The molecule has 0 unspecified atom stereocenters. The van der Waals surface area contributed by atoms with Crippen molar-refractivity contribution < 1.29 is 0 Å². The summed E-state index contributed by atoms with van der Waals surface area (Å²) in [5, 5.41) is 8.76. The van der Waals surface area contributed by atoms with Gasteiger partial charge in [-0.15, -0.1) is 0 Å². The molecule has 0 spiro atoms. The normalized spacial score (nSPS) is 16.6. The summed E-state index contributed by atoms with van der Waals surface area (Å²) in [4.78, 5) is 0. The maximum Gasteiger partial charge on any atom is 0.0671 e. The van der Waals surface area contributed by atoms with Crippen LogP contribution in [0.4, 0.5) is 0 Å². The summed E-state index contributed by atoms with van der Waals surface area (Å²) in [6.07, 6.45) is 4.28. The number of nitrogens with one attached hydrogen (secondary N) is 1. The van der Waals surface area contributed by atoms with Crippen LogP contribution < -0.4 is 5.32 Å². The van der Waals surface area contributed by atoms with E-state index in [9.17, 15) is 0 Å². The molecule has 1 N–H and O–H groups in total. The minimum Gasteiger partial charge on any atom is -0.317 e. The Labute approximate surface area is 160 Å². The van der Waals surface area contributed by atoms with Gasteiger partial charge in [-0.2, -0.15) is 5.10 Å². The van der Waals surface area contributed by atoms with E-state index in [1.54, 1.807) is 0 Å². The lowest BCUT2D eigenvalue weighted by Crippen LogP contribution is -2.40. The number of nitrogens with zero attached hydrogens (tertiary/aromatic N) is 2. The predicted molar refractivity (Wildman–Crippen MR) is 108 cm³/mol. The summed E-state index contributed by atoms with van der Waals surface area (Å²) in [7, 11) is 1.97. The fourth-order valence-corrected chi connectivity index (χ4v) is 4.34. The standard InChI is InChI=1S/C22H24ClN3/c1-16-21(15-26(2)25-16)17-3-5-18(6-4-17)22(11-13-24-14-12-22)19-7-9-20(23)10-8-19/h3-10,15,24H,11-14H2,1-2H3. The van der Waals surface area contributed by atoms with E-state index in [2.05, 4.69) is 59.9 Å². The van der Waals surface area contributed by atoms with Crippen LogP contribution in [0.15, 0.2) is 54.7 Å². The molecule has 3 nitrogen and oxygen atoms in total. The summed E-state index contributed by atoms with van der Waals surface area (Å²) >= 11 is 6.13. The maximum absolute atomic E-state index is 6.13. The van der Waals surface area contributed by atoms with E-state index in [1.807, 2.05) is 23.9 Å². The van der Waals surface area contributed by atoms with Crippen LogP contribution in [-0.2, 0) is 12.5 Å². The predicted octanol–water partition coefficient (Wildman–Crippen LogP) is 4.72. The van der Waals surface area contributed by atoms with Gasteiger partial charge in [0.2, 0.25) is 0 Å². The van der Waals surface area contributed by atoms with Gasteiger partial charge in [0.1, 0.15) is 0 Å². The van der Waals surface area contributed by atoms with Gasteiger partial charge in [-0.05, 0) is 61.7 Å². The van der Waals surface area contributed by atoms with E-state index >= 15 is 0 Å². The van der Waals surface area contributed by atoms with Crippen molar-refractivity contribution in [2.45, 2.75) is 25.2 Å². The molecule has 4 rings (SSSR count). The van der Waals surface area contributed by atoms with Crippen molar-refractivity contribution in [1.29, 1.82) is 0 Å². The SMILES string of the molecule is Cc1nn(C)cc1-c1ccc(C2(c3ccc(Cl)cc3)CCNCC2)cc1. The third-order valence-electron chi connectivity index (χ3n) is 5.62. The molecule has 0 saturated carbocycles. The largest absolute Gasteiger partial charge is 0.317 e. The van der Waals surface area contributed by atoms with Gasteiger partial charge in [0.15, 0.2) is 0 Å². The molecular weight excluding hydrogens is 342 g/mol. The Morgan fingerprint density at radius 2 is 1.54 bits per heavy atom. The Morgan fingerprint density at radius 1 is 0.962 bits per heavy atom. The number of hydrogen-bond donors (Lipinski definition) is 1. The average Bonchev–Trinajstić information content (AvgIpc) is 3.01. The van der Waals surface area contributed by atoms with E-state index in [0.29, 0.717) is 0 Å². The van der Waals surface area contributed by atoms with Crippen LogP contribution in [0.1, 0.15) is 29.7 Å². The molecule has 2 aromatic carbocycles. The van der Waals surface area contributed by atoms with E-state index in [4.69, 9.17) is 11.6 Å². The zero-order chi connectivity index (χ0) is 18.1. The van der Waals surface area contributed by atoms with Crippen LogP contribution in [0.5, 0.6) is 0 Å². The van der Waals surface area contributed by atoms with Crippen LogP contribution in [0.3, 0.4) is 0 Å². The van der Waals surface area contributed by atoms with Crippen molar-refractivity contribution in [3.05, 3.63) is 76.6 Å². The van der Waals surface area contributed by atoms with Gasteiger partial charge in [-0.1, -0.05) is 48.0 Å². The molecule has 0 atom stereocenters. The number of halogens is 1. The van der Waals surface area contributed by atoms with Gasteiger partial charge in [0.05, 0.1) is 5.69 Å². The molecule has 3 aromatic rings. The monoisotopic (exact) mass is 365 g/mol. The van der Waals surface area contributed by atoms with Crippen molar-refractivity contribution in [2.24, 2.45) is 7.05 Å². The van der Waals surface area contributed by atoms with Crippen LogP contribution in [0, 0.1) is 6.92 Å². The van der Waals surface area contributed by atoms with Gasteiger partial charge in [-0.25, -0.2) is 0 Å². The number of piperidine rings is 1. The molecule has 1 fully saturated rings. The molecule has 0 amide bonds. The highest BCUT2D eigenvalue weighted by atomic mass is 35.5. The first-order valence-electron chi connectivity index (χ1n) is 9.16. The van der Waals surface area contributed by atoms with Crippen molar-refractivity contribution >= 4 is 11.6 Å². The van der Waals surface area contributed by atoms with Crippen molar-refractivity contribution in [1.82, 2.24) is 15.1 Å². The highest BCUT2D eigenvalue weighted by molar-refractivity contribution is 6.30. The number of rotatable bonds is 3. The quantitative estimate of drug-likeness (QED) is 0.727. The maximum atomic E-state index is 6.13. The molecule has 4 heteroatoms. The van der Waals surface area contributed by atoms with E-state index < -0.39 is 0 Å². The van der Waals surface area contributed by atoms with Crippen molar-refractivity contribution in [3.63, 3.8) is 0 Å². The van der Waals surface area contributed by atoms with Gasteiger partial charge >= 0.3 is 0 Å². The Morgan fingerprint density at radius 3 is 2.08 bits per heavy atom. The second kappa shape index (κ2) is 6.90. The van der Waals surface area contributed by atoms with Crippen LogP contribution in [0.25, 0.3) is 11.1 Å². The first-order valence-corrected chi connectivity index (χ1v) is 9.54. The molecule has 26 heavy (non-hydrogen) atoms. The summed E-state index contributed by atoms with van der Waals surface area (Å²) < 4.78 is 1.88. The first-order chi connectivity index (χ1) is 12.6. The molecule has 1 aliphatic rings. The molecule has 0 radical (unpaired) electrons. The molecule has 0 aliphatic carbocycles. The van der Waals surface area contributed by atoms with Crippen LogP contribution >= 0.6 is 11.6 Å². The van der Waals surface area contributed by atoms with Gasteiger partial charge in [-0.3, -0.25) is 4.68 Å². The summed E-state index contributed by atoms with van der Waals surface area (Å²) in [5.74, 6) is 0. The minimum atomic E-state index is 0.0539. The second-order valence-electron chi connectivity index (χ2n) is 7.22. The van der Waals surface area contributed by atoms with Gasteiger partial charge in [0.25, 0.3) is 0 Å². The Bertz CT molecular complexity index is 888. The lowest BCUT2D eigenvalue weighted by atomic mass is 9.68. The molecule has 1 aliphatic heterocycles. The third-order valence-corrected chi connectivity index (χ3v) is 5.87.